The van der Waals surface area contributed by atoms with Crippen LogP contribution in [-0.2, 0) is 6.18 Å². The Morgan fingerprint density at radius 3 is 1.60 bits per heavy atom. The van der Waals surface area contributed by atoms with Crippen molar-refractivity contribution in [2.45, 2.75) is 6.18 Å². The monoisotopic (exact) mass is 293 g/mol. The van der Waals surface area contributed by atoms with Gasteiger partial charge in [-0.15, -0.1) is 0 Å². The highest BCUT2D eigenvalue weighted by molar-refractivity contribution is 5.65. The molecule has 0 saturated carbocycles. The summed E-state index contributed by atoms with van der Waals surface area (Å²) in [6.07, 6.45) is -5.54. The lowest BCUT2D eigenvalue weighted by molar-refractivity contribution is -0.143. The predicted molar refractivity (Wildman–Crippen MR) is 55.5 cm³/mol. The van der Waals surface area contributed by atoms with Gasteiger partial charge >= 0.3 is 6.18 Å². The van der Waals surface area contributed by atoms with Crippen molar-refractivity contribution >= 4 is 0 Å². The van der Waals surface area contributed by atoms with Crippen LogP contribution in [-0.4, -0.2) is 0 Å². The molecule has 0 spiro atoms. The second-order valence-corrected chi connectivity index (χ2v) is 3.79. The van der Waals surface area contributed by atoms with Crippen LogP contribution in [0, 0.1) is 29.3 Å². The van der Waals surface area contributed by atoms with E-state index in [1.54, 1.807) is 0 Å². The number of hydrogen-bond acceptors (Lipinski definition) is 0. The zero-order valence-corrected chi connectivity index (χ0v) is 9.46. The Kier molecular flexibility index (Phi) is 3.45. The Morgan fingerprint density at radius 2 is 1.20 bits per heavy atom. The molecule has 2 rings (SSSR count). The summed E-state index contributed by atoms with van der Waals surface area (Å²) < 4.78 is 91.2. The maximum Gasteiger partial charge on any atom is 0.422 e. The molecule has 0 N–H and O–H groups in total. The van der Waals surface area contributed by atoms with E-state index in [1.807, 2.05) is 0 Å². The average molecular weight is 293 g/mol. The molecule has 0 aromatic heterocycles. The highest BCUT2D eigenvalue weighted by Crippen LogP contribution is 2.39. The van der Waals surface area contributed by atoms with Crippen LogP contribution in [0.1, 0.15) is 5.56 Å². The molecular weight excluding hydrogens is 289 g/mol. The fraction of sp³-hybridized carbons (Fsp3) is 0.0769. The second-order valence-electron chi connectivity index (χ2n) is 3.79. The summed E-state index contributed by atoms with van der Waals surface area (Å²) in [4.78, 5) is 0. The molecule has 0 aliphatic carbocycles. The molecule has 0 heterocycles. The first-order chi connectivity index (χ1) is 9.25. The fourth-order valence-electron chi connectivity index (χ4n) is 1.69. The first-order valence-corrected chi connectivity index (χ1v) is 5.14. The SMILES string of the molecule is Fc1c(F)c(C(F)(F)F)c(F)c(F)c1-c1cc[c]cc1. The normalized spacial score (nSPS) is 11.8. The van der Waals surface area contributed by atoms with Gasteiger partial charge in [-0.05, 0) is 11.6 Å². The minimum atomic E-state index is -5.54. The first kappa shape index (κ1) is 14.4. The van der Waals surface area contributed by atoms with Gasteiger partial charge in [0.05, 0.1) is 5.56 Å². The Balaban J connectivity index is 2.82. The molecule has 20 heavy (non-hydrogen) atoms. The van der Waals surface area contributed by atoms with Gasteiger partial charge in [-0.1, -0.05) is 24.3 Å². The molecule has 0 nitrogen and oxygen atoms in total. The quantitative estimate of drug-likeness (QED) is 0.527. The second kappa shape index (κ2) is 4.81. The zero-order valence-electron chi connectivity index (χ0n) is 9.46. The highest BCUT2D eigenvalue weighted by Gasteiger charge is 2.42. The van der Waals surface area contributed by atoms with Crippen molar-refractivity contribution in [3.63, 3.8) is 0 Å². The van der Waals surface area contributed by atoms with Crippen LogP contribution in [0.2, 0.25) is 0 Å². The largest absolute Gasteiger partial charge is 0.422 e. The number of halogens is 7. The maximum absolute atomic E-state index is 13.6. The summed E-state index contributed by atoms with van der Waals surface area (Å²) in [5.41, 5.74) is -4.08. The van der Waals surface area contributed by atoms with Crippen LogP contribution >= 0.6 is 0 Å². The van der Waals surface area contributed by atoms with Crippen LogP contribution in [0.15, 0.2) is 24.3 Å². The van der Waals surface area contributed by atoms with Crippen molar-refractivity contribution in [2.75, 3.05) is 0 Å². The van der Waals surface area contributed by atoms with Crippen molar-refractivity contribution in [3.8, 4) is 11.1 Å². The summed E-state index contributed by atoms with van der Waals surface area (Å²) >= 11 is 0. The lowest BCUT2D eigenvalue weighted by Gasteiger charge is -2.14. The molecule has 0 aliphatic heterocycles. The van der Waals surface area contributed by atoms with Crippen LogP contribution in [0.5, 0.6) is 0 Å². The zero-order chi connectivity index (χ0) is 15.1. The molecule has 7 heteroatoms. The Hall–Kier alpha value is -2.05. The standard InChI is InChI=1S/C13H4F7/c14-9-7(6-4-2-1-3-5-6)10(15)12(17)8(11(9)16)13(18,19)20/h2-5H. The third-order valence-corrected chi connectivity index (χ3v) is 2.55. The molecule has 2 aromatic rings. The Labute approximate surface area is 108 Å². The molecule has 0 aliphatic rings. The molecule has 105 valence electrons. The summed E-state index contributed by atoms with van der Waals surface area (Å²) in [6, 6.07) is 7.01. The van der Waals surface area contributed by atoms with Crippen LogP contribution in [0.3, 0.4) is 0 Å². The van der Waals surface area contributed by atoms with E-state index in [-0.39, 0.29) is 5.56 Å². The minimum absolute atomic E-state index is 0.301. The predicted octanol–water partition coefficient (Wildman–Crippen LogP) is 4.73. The average Bonchev–Trinajstić information content (AvgIpc) is 2.37. The van der Waals surface area contributed by atoms with Gasteiger partial charge in [0.2, 0.25) is 0 Å². The van der Waals surface area contributed by atoms with Gasteiger partial charge in [0.1, 0.15) is 5.56 Å². The first-order valence-electron chi connectivity index (χ1n) is 5.14. The van der Waals surface area contributed by atoms with Gasteiger partial charge in [-0.25, -0.2) is 17.6 Å². The van der Waals surface area contributed by atoms with Crippen molar-refractivity contribution < 1.29 is 30.7 Å². The van der Waals surface area contributed by atoms with E-state index in [2.05, 4.69) is 6.07 Å². The van der Waals surface area contributed by atoms with Crippen LogP contribution in [0.25, 0.3) is 11.1 Å². The molecule has 2 aromatic carbocycles. The number of hydrogen-bond donors (Lipinski definition) is 0. The van der Waals surface area contributed by atoms with E-state index in [4.69, 9.17) is 0 Å². The van der Waals surface area contributed by atoms with Crippen LogP contribution in [0.4, 0.5) is 30.7 Å². The summed E-state index contributed by atoms with van der Waals surface area (Å²) in [7, 11) is 0. The van der Waals surface area contributed by atoms with Gasteiger partial charge in [0, 0.05) is 0 Å². The molecule has 0 fully saturated rings. The lowest BCUT2D eigenvalue weighted by atomic mass is 10.0. The Bertz CT molecular complexity index is 615. The third kappa shape index (κ3) is 2.23. The third-order valence-electron chi connectivity index (χ3n) is 2.55. The topological polar surface area (TPSA) is 0 Å². The van der Waals surface area contributed by atoms with E-state index in [0.29, 0.717) is 0 Å². The van der Waals surface area contributed by atoms with Gasteiger partial charge in [0.25, 0.3) is 0 Å². The van der Waals surface area contributed by atoms with Crippen molar-refractivity contribution in [3.05, 3.63) is 59.2 Å². The van der Waals surface area contributed by atoms with Crippen molar-refractivity contribution in [1.82, 2.24) is 0 Å². The molecule has 0 saturated heterocycles. The molecule has 0 bridgehead atoms. The van der Waals surface area contributed by atoms with Gasteiger partial charge in [0.15, 0.2) is 23.3 Å². The van der Waals surface area contributed by atoms with E-state index >= 15 is 0 Å². The Morgan fingerprint density at radius 1 is 0.750 bits per heavy atom. The van der Waals surface area contributed by atoms with Crippen molar-refractivity contribution in [2.24, 2.45) is 0 Å². The summed E-state index contributed by atoms with van der Waals surface area (Å²) in [5.74, 6) is -9.14. The van der Waals surface area contributed by atoms with E-state index in [1.165, 1.54) is 12.1 Å². The number of benzene rings is 2. The summed E-state index contributed by atoms with van der Waals surface area (Å²) in [5, 5.41) is 0. The highest BCUT2D eigenvalue weighted by atomic mass is 19.4. The van der Waals surface area contributed by atoms with Gasteiger partial charge < -0.3 is 0 Å². The summed E-state index contributed by atoms with van der Waals surface area (Å²) in [6.45, 7) is 0. The number of alkyl halides is 3. The maximum atomic E-state index is 13.6. The number of rotatable bonds is 1. The van der Waals surface area contributed by atoms with E-state index in [0.717, 1.165) is 12.1 Å². The molecule has 0 amide bonds. The van der Waals surface area contributed by atoms with Crippen molar-refractivity contribution in [1.29, 1.82) is 0 Å². The van der Waals surface area contributed by atoms with E-state index < -0.39 is 40.6 Å². The fourth-order valence-corrected chi connectivity index (χ4v) is 1.69. The molecule has 0 unspecified atom stereocenters. The lowest BCUT2D eigenvalue weighted by Crippen LogP contribution is -2.16. The van der Waals surface area contributed by atoms with Gasteiger partial charge in [-0.3, -0.25) is 0 Å². The molecular formula is C13H4F7. The molecule has 1 radical (unpaired) electrons. The van der Waals surface area contributed by atoms with E-state index in [9.17, 15) is 30.7 Å². The molecule has 0 atom stereocenters. The van der Waals surface area contributed by atoms with Crippen LogP contribution < -0.4 is 0 Å². The smallest absolute Gasteiger partial charge is 0.203 e. The van der Waals surface area contributed by atoms with Gasteiger partial charge in [-0.2, -0.15) is 13.2 Å². The minimum Gasteiger partial charge on any atom is -0.203 e.